The molecule has 0 N–H and O–H groups in total. The van der Waals surface area contributed by atoms with E-state index in [1.165, 1.54) is 24.3 Å². The lowest BCUT2D eigenvalue weighted by Crippen LogP contribution is -2.26. The molecule has 12 heteroatoms. The van der Waals surface area contributed by atoms with Gasteiger partial charge in [-0.2, -0.15) is 9.98 Å². The number of hydrogen-bond acceptors (Lipinski definition) is 12. The summed E-state index contributed by atoms with van der Waals surface area (Å²) < 4.78 is 9.84. The van der Waals surface area contributed by atoms with Crippen LogP contribution >= 0.6 is 0 Å². The fraction of sp³-hybridized carbons (Fsp3) is 0.667. The summed E-state index contributed by atoms with van der Waals surface area (Å²) in [6.07, 6.45) is 7.72. The molecule has 0 aromatic heterocycles. The number of ether oxygens (including phenoxy) is 2. The number of rotatable bonds is 17. The highest BCUT2D eigenvalue weighted by Crippen LogP contribution is 2.08. The molecule has 0 spiro atoms. The first kappa shape index (κ1) is 26.5. The van der Waals surface area contributed by atoms with Gasteiger partial charge in [-0.05, 0) is 38.5 Å². The van der Waals surface area contributed by atoms with Crippen molar-refractivity contribution in [3.05, 3.63) is 0 Å². The van der Waals surface area contributed by atoms with Crippen LogP contribution in [0, 0.1) is 0 Å². The first-order valence-electron chi connectivity index (χ1n) is 9.15. The highest BCUT2D eigenvalue weighted by atomic mass is 16.6. The van der Waals surface area contributed by atoms with Crippen LogP contribution in [0.3, 0.4) is 0 Å². The largest absolute Gasteiger partial charge is 0.460 e. The molecule has 0 heterocycles. The van der Waals surface area contributed by atoms with E-state index in [9.17, 15) is 28.8 Å². The van der Waals surface area contributed by atoms with Crippen LogP contribution in [0.5, 0.6) is 0 Å². The molecule has 0 saturated carbocycles. The summed E-state index contributed by atoms with van der Waals surface area (Å²) in [5, 5.41) is 0. The van der Waals surface area contributed by atoms with Crippen molar-refractivity contribution in [2.24, 2.45) is 20.0 Å². The van der Waals surface area contributed by atoms with Gasteiger partial charge in [0.05, 0.1) is 13.1 Å². The van der Waals surface area contributed by atoms with Crippen LogP contribution in [-0.4, -0.2) is 74.6 Å². The Bertz CT molecular complexity index is 668. The third kappa shape index (κ3) is 13.6. The predicted molar refractivity (Wildman–Crippen MR) is 99.4 cm³/mol. The fourth-order valence-corrected chi connectivity index (χ4v) is 2.22. The number of aliphatic imine (C=N–C) groups is 4. The minimum Gasteiger partial charge on any atom is -0.460 e. The van der Waals surface area contributed by atoms with E-state index in [1.54, 1.807) is 0 Å². The Hall–Kier alpha value is -3.54. The molecule has 0 aromatic rings. The van der Waals surface area contributed by atoms with Crippen molar-refractivity contribution in [3.63, 3.8) is 0 Å². The lowest BCUT2D eigenvalue weighted by Gasteiger charge is -2.12. The van der Waals surface area contributed by atoms with Gasteiger partial charge in [0.25, 0.3) is 0 Å². The molecule has 0 bridgehead atoms. The molecule has 2 atom stereocenters. The van der Waals surface area contributed by atoms with Gasteiger partial charge >= 0.3 is 11.9 Å². The van der Waals surface area contributed by atoms with Crippen molar-refractivity contribution >= 4 is 36.3 Å². The number of esters is 2. The zero-order chi connectivity index (χ0) is 22.5. The molecular formula is C18H22N4O8. The number of unbranched alkanes of at least 4 members (excludes halogenated alkanes) is 2. The van der Waals surface area contributed by atoms with Gasteiger partial charge in [-0.25, -0.2) is 38.8 Å². The fourth-order valence-electron chi connectivity index (χ4n) is 2.22. The first-order valence-corrected chi connectivity index (χ1v) is 9.15. The minimum atomic E-state index is -1.06. The summed E-state index contributed by atoms with van der Waals surface area (Å²) in [5.41, 5.74) is 0. The van der Waals surface area contributed by atoms with Gasteiger partial charge in [0.2, 0.25) is 24.3 Å². The molecule has 0 radical (unpaired) electrons. The maximum Gasteiger partial charge on any atom is 0.331 e. The van der Waals surface area contributed by atoms with E-state index in [2.05, 4.69) is 20.0 Å². The second-order valence-corrected chi connectivity index (χ2v) is 5.74. The van der Waals surface area contributed by atoms with Gasteiger partial charge < -0.3 is 9.47 Å². The number of carbonyl (C=O) groups excluding carboxylic acids is 6. The molecule has 30 heavy (non-hydrogen) atoms. The number of isocyanates is 4. The van der Waals surface area contributed by atoms with Crippen molar-refractivity contribution < 1.29 is 38.2 Å². The average Bonchev–Trinajstić information content (AvgIpc) is 2.74. The van der Waals surface area contributed by atoms with Gasteiger partial charge in [-0.3, -0.25) is 0 Å². The van der Waals surface area contributed by atoms with E-state index in [0.29, 0.717) is 25.7 Å². The van der Waals surface area contributed by atoms with Gasteiger partial charge in [-0.1, -0.05) is 0 Å². The van der Waals surface area contributed by atoms with Gasteiger partial charge in [0.1, 0.15) is 13.2 Å². The molecule has 0 saturated heterocycles. The maximum absolute atomic E-state index is 11.9. The van der Waals surface area contributed by atoms with Gasteiger partial charge in [0.15, 0.2) is 12.1 Å². The molecule has 0 aliphatic rings. The smallest absolute Gasteiger partial charge is 0.331 e. The molecule has 12 nitrogen and oxygen atoms in total. The van der Waals surface area contributed by atoms with Crippen LogP contribution < -0.4 is 0 Å². The zero-order valence-electron chi connectivity index (χ0n) is 16.3. The molecule has 0 fully saturated rings. The average molecular weight is 422 g/mol. The van der Waals surface area contributed by atoms with E-state index in [0.717, 1.165) is 0 Å². The maximum atomic E-state index is 11.9. The van der Waals surface area contributed by atoms with Crippen LogP contribution in [0.4, 0.5) is 0 Å². The van der Waals surface area contributed by atoms with Crippen molar-refractivity contribution in [2.45, 2.75) is 50.6 Å². The third-order valence-electron chi connectivity index (χ3n) is 3.66. The number of nitrogens with zero attached hydrogens (tertiary/aromatic N) is 4. The molecule has 0 rings (SSSR count). The van der Waals surface area contributed by atoms with E-state index in [4.69, 9.17) is 9.47 Å². The van der Waals surface area contributed by atoms with Crippen molar-refractivity contribution in [1.29, 1.82) is 0 Å². The Balaban J connectivity index is 4.31. The van der Waals surface area contributed by atoms with Crippen molar-refractivity contribution in [3.8, 4) is 0 Å². The summed E-state index contributed by atoms with van der Waals surface area (Å²) in [6, 6.07) is -2.11. The summed E-state index contributed by atoms with van der Waals surface area (Å²) >= 11 is 0. The Labute approximate surface area is 172 Å². The highest BCUT2D eigenvalue weighted by molar-refractivity contribution is 5.77. The lowest BCUT2D eigenvalue weighted by molar-refractivity contribution is -0.153. The first-order chi connectivity index (χ1) is 14.6. The van der Waals surface area contributed by atoms with Crippen molar-refractivity contribution in [1.82, 2.24) is 0 Å². The molecule has 2 unspecified atom stereocenters. The van der Waals surface area contributed by atoms with Crippen LogP contribution in [0.1, 0.15) is 38.5 Å². The van der Waals surface area contributed by atoms with Crippen LogP contribution in [0.15, 0.2) is 20.0 Å². The summed E-state index contributed by atoms with van der Waals surface area (Å²) in [6.45, 7) is -0.0611. The standard InChI is InChI=1S/C18H22N4O8/c23-11-19-7-3-1-5-15(21-13-25)17(27)29-9-10-30-18(28)16(22-14-26)6-2-4-8-20-12-24/h15-16H,1-10H2. The van der Waals surface area contributed by atoms with E-state index < -0.39 is 24.0 Å². The van der Waals surface area contributed by atoms with Crippen LogP contribution in [-0.2, 0) is 38.2 Å². The molecule has 162 valence electrons. The normalized spacial score (nSPS) is 11.3. The monoisotopic (exact) mass is 422 g/mol. The second kappa shape index (κ2) is 18.8. The quantitative estimate of drug-likeness (QED) is 0.141. The van der Waals surface area contributed by atoms with E-state index in [1.807, 2.05) is 0 Å². The third-order valence-corrected chi connectivity index (χ3v) is 3.66. The highest BCUT2D eigenvalue weighted by Gasteiger charge is 2.21. The Morgan fingerprint density at radius 1 is 0.633 bits per heavy atom. The Morgan fingerprint density at radius 2 is 1.03 bits per heavy atom. The molecule has 0 aliphatic carbocycles. The van der Waals surface area contributed by atoms with Crippen LogP contribution in [0.2, 0.25) is 0 Å². The lowest BCUT2D eigenvalue weighted by atomic mass is 10.1. The van der Waals surface area contributed by atoms with Gasteiger partial charge in [0, 0.05) is 0 Å². The Morgan fingerprint density at radius 3 is 1.37 bits per heavy atom. The molecular weight excluding hydrogens is 400 g/mol. The summed E-state index contributed by atoms with van der Waals surface area (Å²) in [7, 11) is 0. The SMILES string of the molecule is O=C=NCCCCC(N=C=O)C(=O)OCCOC(=O)C(CCCCN=C=O)N=C=O. The van der Waals surface area contributed by atoms with Crippen LogP contribution in [0.25, 0.3) is 0 Å². The molecule has 0 aromatic carbocycles. The molecule has 0 amide bonds. The molecule has 0 aliphatic heterocycles. The van der Waals surface area contributed by atoms with Gasteiger partial charge in [-0.15, -0.1) is 0 Å². The summed E-state index contributed by atoms with van der Waals surface area (Å²) in [4.78, 5) is 78.2. The van der Waals surface area contributed by atoms with Crippen molar-refractivity contribution in [2.75, 3.05) is 26.3 Å². The summed E-state index contributed by atoms with van der Waals surface area (Å²) in [5.74, 6) is -1.57. The second-order valence-electron chi connectivity index (χ2n) is 5.74. The minimum absolute atomic E-state index is 0.201. The number of carbonyl (C=O) groups is 2. The zero-order valence-corrected chi connectivity index (χ0v) is 16.3. The predicted octanol–water partition coefficient (Wildman–Crippen LogP) is 0.494. The Kier molecular flexibility index (Phi) is 16.6. The number of hydrogen-bond donors (Lipinski definition) is 0. The van der Waals surface area contributed by atoms with E-state index in [-0.39, 0.29) is 39.1 Å². The topological polar surface area (TPSA) is 170 Å². The van der Waals surface area contributed by atoms with E-state index >= 15 is 0 Å².